The van der Waals surface area contributed by atoms with Crippen LogP contribution in [-0.2, 0) is 14.3 Å². The second kappa shape index (κ2) is 4.72. The van der Waals surface area contributed by atoms with Gasteiger partial charge < -0.3 is 20.3 Å². The van der Waals surface area contributed by atoms with Gasteiger partial charge >= 0.3 is 5.97 Å². The number of hydrogen-bond donors (Lipinski definition) is 2. The summed E-state index contributed by atoms with van der Waals surface area (Å²) >= 11 is 0. The quantitative estimate of drug-likeness (QED) is 0.597. The molecule has 1 saturated heterocycles. The lowest BCUT2D eigenvalue weighted by atomic mass is 10.1. The van der Waals surface area contributed by atoms with E-state index in [4.69, 9.17) is 15.2 Å². The van der Waals surface area contributed by atoms with Crippen LogP contribution >= 0.6 is 0 Å². The van der Waals surface area contributed by atoms with Crippen molar-refractivity contribution in [3.8, 4) is 0 Å². The van der Waals surface area contributed by atoms with Gasteiger partial charge in [0.05, 0.1) is 6.10 Å². The first-order valence-electron chi connectivity index (χ1n) is 4.77. The Hall–Kier alpha value is -0.650. The summed E-state index contributed by atoms with van der Waals surface area (Å²) in [5, 5.41) is 9.43. The molecule has 1 rings (SSSR count). The van der Waals surface area contributed by atoms with Gasteiger partial charge in [0, 0.05) is 13.2 Å². The van der Waals surface area contributed by atoms with Gasteiger partial charge in [-0.15, -0.1) is 0 Å². The van der Waals surface area contributed by atoms with Crippen LogP contribution in [0.15, 0.2) is 0 Å². The van der Waals surface area contributed by atoms with Gasteiger partial charge in [-0.25, -0.2) is 4.79 Å². The number of hydrogen-bond acceptors (Lipinski definition) is 5. The van der Waals surface area contributed by atoms with Gasteiger partial charge in [-0.3, -0.25) is 0 Å². The Morgan fingerprint density at radius 2 is 2.50 bits per heavy atom. The van der Waals surface area contributed by atoms with Gasteiger partial charge in [-0.1, -0.05) is 0 Å². The Kier molecular flexibility index (Phi) is 3.86. The van der Waals surface area contributed by atoms with Crippen LogP contribution in [0.2, 0.25) is 0 Å². The first-order valence-corrected chi connectivity index (χ1v) is 4.77. The van der Waals surface area contributed by atoms with Crippen molar-refractivity contribution < 1.29 is 19.4 Å². The fourth-order valence-corrected chi connectivity index (χ4v) is 1.18. The summed E-state index contributed by atoms with van der Waals surface area (Å²) < 4.78 is 10.1. The van der Waals surface area contributed by atoms with Crippen LogP contribution in [0, 0.1) is 0 Å². The first kappa shape index (κ1) is 11.4. The van der Waals surface area contributed by atoms with Crippen LogP contribution in [0.4, 0.5) is 0 Å². The monoisotopic (exact) mass is 203 g/mol. The van der Waals surface area contributed by atoms with Gasteiger partial charge in [0.15, 0.2) is 5.60 Å². The Bertz CT molecular complexity index is 199. The highest BCUT2D eigenvalue weighted by Gasteiger charge is 2.31. The van der Waals surface area contributed by atoms with Crippen LogP contribution in [-0.4, -0.2) is 42.5 Å². The third-order valence-corrected chi connectivity index (χ3v) is 2.26. The van der Waals surface area contributed by atoms with E-state index in [0.717, 1.165) is 19.4 Å². The van der Waals surface area contributed by atoms with Crippen molar-refractivity contribution in [3.05, 3.63) is 0 Å². The fourth-order valence-electron chi connectivity index (χ4n) is 1.18. The molecule has 5 nitrogen and oxygen atoms in total. The van der Waals surface area contributed by atoms with E-state index in [1.807, 2.05) is 0 Å². The van der Waals surface area contributed by atoms with E-state index in [9.17, 15) is 9.90 Å². The Morgan fingerprint density at radius 3 is 3.00 bits per heavy atom. The summed E-state index contributed by atoms with van der Waals surface area (Å²) in [4.78, 5) is 11.2. The van der Waals surface area contributed by atoms with Crippen molar-refractivity contribution in [3.63, 3.8) is 0 Å². The topological polar surface area (TPSA) is 81.8 Å². The Morgan fingerprint density at radius 1 is 1.79 bits per heavy atom. The standard InChI is InChI=1S/C9H17NO4/c1-9(12,6-10)8(11)14-5-7-3-2-4-13-7/h7,12H,2-6,10H2,1H3. The van der Waals surface area contributed by atoms with Gasteiger partial charge in [0.2, 0.25) is 0 Å². The zero-order valence-corrected chi connectivity index (χ0v) is 8.36. The van der Waals surface area contributed by atoms with E-state index < -0.39 is 11.6 Å². The summed E-state index contributed by atoms with van der Waals surface area (Å²) in [6, 6.07) is 0. The fraction of sp³-hybridized carbons (Fsp3) is 0.889. The number of aliphatic hydroxyl groups is 1. The third kappa shape index (κ3) is 2.94. The SMILES string of the molecule is CC(O)(CN)C(=O)OCC1CCCO1. The maximum absolute atomic E-state index is 11.2. The highest BCUT2D eigenvalue weighted by Crippen LogP contribution is 2.13. The van der Waals surface area contributed by atoms with Gasteiger partial charge in [0.1, 0.15) is 6.61 Å². The molecule has 2 unspecified atom stereocenters. The molecule has 0 amide bonds. The summed E-state index contributed by atoms with van der Waals surface area (Å²) in [5.74, 6) is -0.685. The van der Waals surface area contributed by atoms with E-state index >= 15 is 0 Å². The van der Waals surface area contributed by atoms with E-state index in [1.54, 1.807) is 0 Å². The number of carbonyl (C=O) groups is 1. The minimum Gasteiger partial charge on any atom is -0.461 e. The largest absolute Gasteiger partial charge is 0.461 e. The van der Waals surface area contributed by atoms with E-state index in [0.29, 0.717) is 0 Å². The zero-order chi connectivity index (χ0) is 10.6. The smallest absolute Gasteiger partial charge is 0.339 e. The minimum absolute atomic E-state index is 0.0208. The van der Waals surface area contributed by atoms with Crippen molar-refractivity contribution in [2.45, 2.75) is 31.5 Å². The average Bonchev–Trinajstić information content (AvgIpc) is 2.66. The van der Waals surface area contributed by atoms with Crippen LogP contribution < -0.4 is 5.73 Å². The van der Waals surface area contributed by atoms with Gasteiger partial charge in [-0.2, -0.15) is 0 Å². The molecular formula is C9H17NO4. The van der Waals surface area contributed by atoms with Crippen LogP contribution in [0.1, 0.15) is 19.8 Å². The highest BCUT2D eigenvalue weighted by molar-refractivity contribution is 5.79. The minimum atomic E-state index is -1.58. The predicted molar refractivity (Wildman–Crippen MR) is 49.6 cm³/mol. The highest BCUT2D eigenvalue weighted by atomic mass is 16.6. The molecule has 3 N–H and O–H groups in total. The lowest BCUT2D eigenvalue weighted by Gasteiger charge is -2.20. The third-order valence-electron chi connectivity index (χ3n) is 2.26. The van der Waals surface area contributed by atoms with Crippen molar-refractivity contribution in [1.29, 1.82) is 0 Å². The number of nitrogens with two attached hydrogens (primary N) is 1. The molecule has 1 fully saturated rings. The maximum Gasteiger partial charge on any atom is 0.339 e. The second-order valence-corrected chi connectivity index (χ2v) is 3.71. The summed E-state index contributed by atoms with van der Waals surface area (Å²) in [6.45, 7) is 2.12. The Balaban J connectivity index is 2.26. The molecule has 14 heavy (non-hydrogen) atoms. The molecule has 1 aliphatic heterocycles. The van der Waals surface area contributed by atoms with Crippen LogP contribution in [0.3, 0.4) is 0 Å². The van der Waals surface area contributed by atoms with E-state index in [1.165, 1.54) is 6.92 Å². The lowest BCUT2D eigenvalue weighted by molar-refractivity contribution is -0.165. The molecule has 0 aliphatic carbocycles. The number of esters is 1. The lowest BCUT2D eigenvalue weighted by Crippen LogP contribution is -2.44. The van der Waals surface area contributed by atoms with E-state index in [2.05, 4.69) is 0 Å². The molecule has 0 aromatic rings. The maximum atomic E-state index is 11.2. The van der Waals surface area contributed by atoms with Crippen molar-refractivity contribution in [2.75, 3.05) is 19.8 Å². The first-order chi connectivity index (χ1) is 6.56. The normalized spacial score (nSPS) is 25.8. The molecule has 2 atom stereocenters. The predicted octanol–water partition coefficient (Wildman–Crippen LogP) is -0.582. The number of rotatable bonds is 4. The molecule has 1 aliphatic rings. The van der Waals surface area contributed by atoms with Crippen LogP contribution in [0.25, 0.3) is 0 Å². The molecule has 0 aromatic heterocycles. The van der Waals surface area contributed by atoms with Gasteiger partial charge in [-0.05, 0) is 19.8 Å². The second-order valence-electron chi connectivity index (χ2n) is 3.71. The summed E-state index contributed by atoms with van der Waals surface area (Å²) in [5.41, 5.74) is 3.62. The number of ether oxygens (including phenoxy) is 2. The van der Waals surface area contributed by atoms with Crippen molar-refractivity contribution >= 4 is 5.97 Å². The Labute approximate surface area is 83.2 Å². The number of carbonyl (C=O) groups excluding carboxylic acids is 1. The zero-order valence-electron chi connectivity index (χ0n) is 8.36. The molecule has 0 saturated carbocycles. The molecule has 0 bridgehead atoms. The summed E-state index contributed by atoms with van der Waals surface area (Å²) in [7, 11) is 0. The molecule has 0 aromatic carbocycles. The van der Waals surface area contributed by atoms with E-state index in [-0.39, 0.29) is 19.3 Å². The average molecular weight is 203 g/mol. The molecule has 82 valence electrons. The molecule has 0 radical (unpaired) electrons. The molecular weight excluding hydrogens is 186 g/mol. The van der Waals surface area contributed by atoms with Crippen molar-refractivity contribution in [1.82, 2.24) is 0 Å². The molecule has 5 heteroatoms. The molecule has 1 heterocycles. The van der Waals surface area contributed by atoms with Crippen molar-refractivity contribution in [2.24, 2.45) is 5.73 Å². The van der Waals surface area contributed by atoms with Gasteiger partial charge in [0.25, 0.3) is 0 Å². The van der Waals surface area contributed by atoms with Crippen LogP contribution in [0.5, 0.6) is 0 Å². The molecule has 0 spiro atoms. The summed E-state index contributed by atoms with van der Waals surface area (Å²) in [6.07, 6.45) is 1.88.